The molecule has 0 amide bonds. The van der Waals surface area contributed by atoms with Crippen LogP contribution in [-0.4, -0.2) is 25.0 Å². The van der Waals surface area contributed by atoms with Gasteiger partial charge in [-0.2, -0.15) is 11.8 Å². The van der Waals surface area contributed by atoms with Gasteiger partial charge >= 0.3 is 0 Å². The van der Waals surface area contributed by atoms with Gasteiger partial charge in [-0.1, -0.05) is 26.2 Å². The second-order valence-electron chi connectivity index (χ2n) is 5.53. The Morgan fingerprint density at radius 2 is 2.05 bits per heavy atom. The van der Waals surface area contributed by atoms with Gasteiger partial charge < -0.3 is 9.47 Å². The number of aromatic nitrogens is 1. The maximum Gasteiger partial charge on any atom is 0.183 e. The summed E-state index contributed by atoms with van der Waals surface area (Å²) in [7, 11) is 3.34. The Balaban J connectivity index is 1.90. The van der Waals surface area contributed by atoms with Gasteiger partial charge in [0.25, 0.3) is 0 Å². The number of hydrogen-bond donors (Lipinski definition) is 0. The minimum atomic E-state index is 0.768. The molecule has 1 saturated carbocycles. The normalized spacial score (nSPS) is 22.6. The lowest BCUT2D eigenvalue weighted by atomic mass is 9.82. The number of thioether (sulfide) groups is 1. The first-order chi connectivity index (χ1) is 9.76. The fraction of sp³-hybridized carbons (Fsp3) is 0.688. The minimum Gasteiger partial charge on any atom is -0.493 e. The van der Waals surface area contributed by atoms with Gasteiger partial charge in [0.1, 0.15) is 0 Å². The van der Waals surface area contributed by atoms with Crippen LogP contribution in [-0.2, 0) is 5.75 Å². The number of rotatable bonds is 6. The summed E-state index contributed by atoms with van der Waals surface area (Å²) in [6, 6.07) is 1.84. The van der Waals surface area contributed by atoms with Gasteiger partial charge in [-0.25, -0.2) is 0 Å². The van der Waals surface area contributed by atoms with Crippen molar-refractivity contribution in [1.82, 2.24) is 4.98 Å². The van der Waals surface area contributed by atoms with Gasteiger partial charge in [0.05, 0.1) is 19.9 Å². The predicted molar refractivity (Wildman–Crippen MR) is 84.6 cm³/mol. The van der Waals surface area contributed by atoms with Gasteiger partial charge in [-0.15, -0.1) is 0 Å². The zero-order valence-corrected chi connectivity index (χ0v) is 13.5. The van der Waals surface area contributed by atoms with Crippen molar-refractivity contribution in [3.05, 3.63) is 18.0 Å². The van der Waals surface area contributed by atoms with Crippen molar-refractivity contribution in [3.63, 3.8) is 0 Å². The molecule has 1 aromatic heterocycles. The van der Waals surface area contributed by atoms with E-state index in [2.05, 4.69) is 11.9 Å². The average molecular weight is 295 g/mol. The number of ether oxygens (including phenoxy) is 2. The summed E-state index contributed by atoms with van der Waals surface area (Å²) in [4.78, 5) is 4.43. The Hall–Kier alpha value is -0.900. The topological polar surface area (TPSA) is 31.4 Å². The summed E-state index contributed by atoms with van der Waals surface area (Å²) in [6.45, 7) is 2.40. The van der Waals surface area contributed by atoms with E-state index in [1.807, 2.05) is 17.8 Å². The molecule has 20 heavy (non-hydrogen) atoms. The van der Waals surface area contributed by atoms with E-state index in [1.54, 1.807) is 20.4 Å². The molecule has 0 aromatic carbocycles. The zero-order valence-electron chi connectivity index (χ0n) is 12.7. The van der Waals surface area contributed by atoms with Crippen LogP contribution in [0.5, 0.6) is 11.5 Å². The first-order valence-electron chi connectivity index (χ1n) is 7.39. The number of methoxy groups -OCH3 is 2. The Kier molecular flexibility index (Phi) is 6.02. The molecule has 0 bridgehead atoms. The van der Waals surface area contributed by atoms with E-state index in [0.29, 0.717) is 0 Å². The second-order valence-corrected chi connectivity index (χ2v) is 6.56. The average Bonchev–Trinajstić information content (AvgIpc) is 2.48. The van der Waals surface area contributed by atoms with Gasteiger partial charge in [-0.3, -0.25) is 4.98 Å². The van der Waals surface area contributed by atoms with E-state index in [1.165, 1.54) is 31.4 Å². The van der Waals surface area contributed by atoms with E-state index in [-0.39, 0.29) is 0 Å². The molecule has 1 aromatic rings. The molecule has 3 nitrogen and oxygen atoms in total. The Bertz CT molecular complexity index is 425. The smallest absolute Gasteiger partial charge is 0.183 e. The monoisotopic (exact) mass is 295 g/mol. The Morgan fingerprint density at radius 3 is 2.75 bits per heavy atom. The van der Waals surface area contributed by atoms with Crippen LogP contribution >= 0.6 is 11.8 Å². The van der Waals surface area contributed by atoms with E-state index >= 15 is 0 Å². The molecular formula is C16H25NO2S. The Morgan fingerprint density at radius 1 is 1.25 bits per heavy atom. The van der Waals surface area contributed by atoms with Crippen molar-refractivity contribution >= 4 is 11.8 Å². The maximum atomic E-state index is 5.43. The molecule has 1 aliphatic carbocycles. The van der Waals surface area contributed by atoms with Crippen molar-refractivity contribution in [2.75, 3.05) is 20.0 Å². The quantitative estimate of drug-likeness (QED) is 0.788. The molecule has 1 fully saturated rings. The van der Waals surface area contributed by atoms with Crippen molar-refractivity contribution in [3.8, 4) is 11.5 Å². The van der Waals surface area contributed by atoms with E-state index < -0.39 is 0 Å². The lowest BCUT2D eigenvalue weighted by Gasteiger charge is -2.28. The zero-order chi connectivity index (χ0) is 14.4. The first-order valence-corrected chi connectivity index (χ1v) is 8.55. The third-order valence-electron chi connectivity index (χ3n) is 4.23. The molecule has 1 heterocycles. The molecule has 0 N–H and O–H groups in total. The van der Waals surface area contributed by atoms with E-state index in [4.69, 9.17) is 9.47 Å². The molecule has 4 heteroatoms. The number of pyridine rings is 1. The standard InChI is InChI=1S/C16H25NO2S/c1-12-6-4-5-7-13(12)10-20-11-14-16(19-3)15(18-2)8-9-17-14/h8-9,12-13H,4-7,10-11H2,1-3H3. The van der Waals surface area contributed by atoms with Gasteiger partial charge in [0.15, 0.2) is 11.5 Å². The van der Waals surface area contributed by atoms with Crippen LogP contribution < -0.4 is 9.47 Å². The molecule has 2 atom stereocenters. The number of hydrogen-bond acceptors (Lipinski definition) is 4. The maximum absolute atomic E-state index is 5.43. The summed E-state index contributed by atoms with van der Waals surface area (Å²) in [5, 5.41) is 0. The van der Waals surface area contributed by atoms with Gasteiger partial charge in [0.2, 0.25) is 0 Å². The predicted octanol–water partition coefficient (Wildman–Crippen LogP) is 4.16. The molecule has 112 valence electrons. The van der Waals surface area contributed by atoms with E-state index in [9.17, 15) is 0 Å². The van der Waals surface area contributed by atoms with Gasteiger partial charge in [-0.05, 0) is 24.0 Å². The molecule has 0 radical (unpaired) electrons. The van der Waals surface area contributed by atoms with Crippen molar-refractivity contribution in [2.45, 2.75) is 38.4 Å². The van der Waals surface area contributed by atoms with E-state index in [0.717, 1.165) is 34.8 Å². The SMILES string of the molecule is COc1ccnc(CSCC2CCCCC2C)c1OC. The second kappa shape index (κ2) is 7.77. The molecule has 2 rings (SSSR count). The molecule has 1 aliphatic rings. The highest BCUT2D eigenvalue weighted by atomic mass is 32.2. The van der Waals surface area contributed by atoms with Crippen molar-refractivity contribution in [2.24, 2.45) is 11.8 Å². The van der Waals surface area contributed by atoms with Crippen LogP contribution in [0.15, 0.2) is 12.3 Å². The van der Waals surface area contributed by atoms with Crippen LogP contribution in [0.1, 0.15) is 38.3 Å². The van der Waals surface area contributed by atoms with Crippen LogP contribution in [0.3, 0.4) is 0 Å². The highest BCUT2D eigenvalue weighted by Crippen LogP contribution is 2.35. The molecule has 0 spiro atoms. The summed E-state index contributed by atoms with van der Waals surface area (Å²) in [6.07, 6.45) is 7.38. The first kappa shape index (κ1) is 15.5. The Labute approximate surface area is 126 Å². The largest absolute Gasteiger partial charge is 0.493 e. The van der Waals surface area contributed by atoms with Crippen LogP contribution in [0.25, 0.3) is 0 Å². The van der Waals surface area contributed by atoms with Gasteiger partial charge in [0, 0.05) is 18.0 Å². The third-order valence-corrected chi connectivity index (χ3v) is 5.37. The molecule has 2 unspecified atom stereocenters. The molecule has 0 saturated heterocycles. The summed E-state index contributed by atoms with van der Waals surface area (Å²) in [5.74, 6) is 5.40. The highest BCUT2D eigenvalue weighted by molar-refractivity contribution is 7.98. The van der Waals surface area contributed by atoms with Crippen LogP contribution in [0.2, 0.25) is 0 Å². The van der Waals surface area contributed by atoms with Crippen molar-refractivity contribution < 1.29 is 9.47 Å². The van der Waals surface area contributed by atoms with Crippen molar-refractivity contribution in [1.29, 1.82) is 0 Å². The summed E-state index contributed by atoms with van der Waals surface area (Å²) >= 11 is 1.97. The highest BCUT2D eigenvalue weighted by Gasteiger charge is 2.21. The summed E-state index contributed by atoms with van der Waals surface area (Å²) < 4.78 is 10.7. The fourth-order valence-corrected chi connectivity index (χ4v) is 4.22. The third kappa shape index (κ3) is 3.81. The van der Waals surface area contributed by atoms with Crippen LogP contribution in [0, 0.1) is 11.8 Å². The van der Waals surface area contributed by atoms with Crippen LogP contribution in [0.4, 0.5) is 0 Å². The lowest BCUT2D eigenvalue weighted by molar-refractivity contribution is 0.282. The lowest BCUT2D eigenvalue weighted by Crippen LogP contribution is -2.18. The summed E-state index contributed by atoms with van der Waals surface area (Å²) in [5.41, 5.74) is 0.986. The molecular weight excluding hydrogens is 270 g/mol. The number of nitrogens with zero attached hydrogens (tertiary/aromatic N) is 1. The minimum absolute atomic E-state index is 0.768. The fourth-order valence-electron chi connectivity index (χ4n) is 2.90. The molecule has 0 aliphatic heterocycles.